The molecule has 1 N–H and O–H groups in total. The molecule has 6 nitrogen and oxygen atoms in total. The first-order valence-electron chi connectivity index (χ1n) is 9.24. The summed E-state index contributed by atoms with van der Waals surface area (Å²) >= 11 is 0. The van der Waals surface area contributed by atoms with Gasteiger partial charge in [0.15, 0.2) is 0 Å². The van der Waals surface area contributed by atoms with Gasteiger partial charge in [-0.25, -0.2) is 4.79 Å². The van der Waals surface area contributed by atoms with Crippen LogP contribution in [0.15, 0.2) is 30.3 Å². The molecule has 0 spiro atoms. The Kier molecular flexibility index (Phi) is 5.50. The zero-order valence-electron chi connectivity index (χ0n) is 15.4. The van der Waals surface area contributed by atoms with Gasteiger partial charge in [-0.1, -0.05) is 47.1 Å². The molecule has 0 unspecified atom stereocenters. The van der Waals surface area contributed by atoms with Crippen LogP contribution in [-0.2, 0) is 4.74 Å². The van der Waals surface area contributed by atoms with Gasteiger partial charge in [0.05, 0.1) is 5.69 Å². The Labute approximate surface area is 170 Å². The van der Waals surface area contributed by atoms with E-state index in [1.54, 1.807) is 45.9 Å². The summed E-state index contributed by atoms with van der Waals surface area (Å²) < 4.78 is 5.43. The van der Waals surface area contributed by atoms with Gasteiger partial charge in [0.25, 0.3) is 11.8 Å². The molecule has 4 rings (SSSR count). The number of anilines is 1. The van der Waals surface area contributed by atoms with Crippen LogP contribution >= 0.6 is 21.6 Å². The number of rotatable bonds is 5. The first kappa shape index (κ1) is 19.1. The van der Waals surface area contributed by atoms with Gasteiger partial charge in [0.1, 0.15) is 6.10 Å². The van der Waals surface area contributed by atoms with Gasteiger partial charge in [-0.2, -0.15) is 0 Å². The van der Waals surface area contributed by atoms with E-state index in [2.05, 4.69) is 5.32 Å². The molecule has 2 aromatic rings. The van der Waals surface area contributed by atoms with Crippen molar-refractivity contribution in [3.05, 3.63) is 41.5 Å². The number of nitrogens with one attached hydrogen (secondary N) is 1. The van der Waals surface area contributed by atoms with Crippen molar-refractivity contribution in [3.63, 3.8) is 0 Å². The monoisotopic (exact) mass is 416 g/mol. The number of carbonyl (C=O) groups is 3. The molecule has 146 valence electrons. The number of imide groups is 1. The average molecular weight is 417 g/mol. The van der Waals surface area contributed by atoms with Crippen molar-refractivity contribution in [2.45, 2.75) is 25.9 Å². The van der Waals surface area contributed by atoms with Crippen molar-refractivity contribution in [1.82, 2.24) is 4.90 Å². The normalized spacial score (nSPS) is 16.7. The molecule has 8 heteroatoms. The average Bonchev–Trinajstić information content (AvgIpc) is 3.19. The van der Waals surface area contributed by atoms with Crippen molar-refractivity contribution in [2.75, 3.05) is 23.4 Å². The maximum Gasteiger partial charge on any atom is 0.411 e. The van der Waals surface area contributed by atoms with Crippen LogP contribution in [0.3, 0.4) is 0 Å². The number of ether oxygens (including phenoxy) is 1. The van der Waals surface area contributed by atoms with Gasteiger partial charge < -0.3 is 4.74 Å². The minimum atomic E-state index is -0.521. The third-order valence-electron chi connectivity index (χ3n) is 4.83. The number of nitrogens with zero attached hydrogens (tertiary/aromatic N) is 1. The summed E-state index contributed by atoms with van der Waals surface area (Å²) in [4.78, 5) is 39.3. The highest BCUT2D eigenvalue weighted by molar-refractivity contribution is 8.77. The van der Waals surface area contributed by atoms with Crippen LogP contribution in [0.1, 0.15) is 40.5 Å². The standard InChI is InChI=1S/C20H20N2O4S2/c1-2-3-9-22-18(23)14-6-4-5-13-16(8-7-15(17(13)14)19(22)24)21-20(25)26-12-10-27-28-11-12/h4-8,12H,2-3,9-11H2,1H3,(H,21,25). The molecule has 28 heavy (non-hydrogen) atoms. The number of benzene rings is 2. The molecule has 1 saturated heterocycles. The van der Waals surface area contributed by atoms with Gasteiger partial charge in [0, 0.05) is 39.9 Å². The maximum atomic E-state index is 12.9. The van der Waals surface area contributed by atoms with Gasteiger partial charge in [-0.3, -0.25) is 19.8 Å². The van der Waals surface area contributed by atoms with E-state index in [0.717, 1.165) is 24.3 Å². The first-order chi connectivity index (χ1) is 13.6. The number of hydrogen-bond acceptors (Lipinski definition) is 6. The second-order valence-corrected chi connectivity index (χ2v) is 9.28. The molecule has 2 aliphatic heterocycles. The quantitative estimate of drug-likeness (QED) is 0.569. The number of hydrogen-bond donors (Lipinski definition) is 1. The smallest absolute Gasteiger partial charge is 0.411 e. The predicted octanol–water partition coefficient (Wildman–Crippen LogP) is 4.55. The van der Waals surface area contributed by atoms with Gasteiger partial charge >= 0.3 is 6.09 Å². The fourth-order valence-electron chi connectivity index (χ4n) is 3.43. The van der Waals surface area contributed by atoms with Crippen LogP contribution in [0.4, 0.5) is 10.5 Å². The second-order valence-electron chi connectivity index (χ2n) is 6.73. The molecule has 0 bridgehead atoms. The summed E-state index contributed by atoms with van der Waals surface area (Å²) in [5.74, 6) is 0.990. The molecular weight excluding hydrogens is 396 g/mol. The predicted molar refractivity (Wildman–Crippen MR) is 113 cm³/mol. The molecule has 0 radical (unpaired) electrons. The van der Waals surface area contributed by atoms with Gasteiger partial charge in [-0.05, 0) is 24.6 Å². The van der Waals surface area contributed by atoms with Crippen molar-refractivity contribution in [1.29, 1.82) is 0 Å². The van der Waals surface area contributed by atoms with Crippen LogP contribution < -0.4 is 5.32 Å². The van der Waals surface area contributed by atoms with E-state index >= 15 is 0 Å². The highest BCUT2D eigenvalue weighted by atomic mass is 33.1. The molecule has 2 aromatic carbocycles. The van der Waals surface area contributed by atoms with Crippen molar-refractivity contribution < 1.29 is 19.1 Å². The Balaban J connectivity index is 1.67. The van der Waals surface area contributed by atoms with Crippen LogP contribution in [0.2, 0.25) is 0 Å². The lowest BCUT2D eigenvalue weighted by atomic mass is 9.93. The minimum Gasteiger partial charge on any atom is -0.444 e. The Bertz CT molecular complexity index is 934. The lowest BCUT2D eigenvalue weighted by Gasteiger charge is -2.27. The maximum absolute atomic E-state index is 12.9. The molecule has 0 aromatic heterocycles. The molecule has 1 fully saturated rings. The summed E-state index contributed by atoms with van der Waals surface area (Å²) in [6.07, 6.45) is 1.04. The van der Waals surface area contributed by atoms with Gasteiger partial charge in [0.2, 0.25) is 0 Å². The Morgan fingerprint density at radius 1 is 1.14 bits per heavy atom. The molecule has 2 heterocycles. The first-order valence-corrected chi connectivity index (χ1v) is 11.7. The lowest BCUT2D eigenvalue weighted by Crippen LogP contribution is -2.40. The fourth-order valence-corrected chi connectivity index (χ4v) is 5.93. The van der Waals surface area contributed by atoms with Crippen LogP contribution in [0.5, 0.6) is 0 Å². The van der Waals surface area contributed by atoms with Crippen molar-refractivity contribution in [2.24, 2.45) is 0 Å². The molecule has 0 atom stereocenters. The Morgan fingerprint density at radius 3 is 2.57 bits per heavy atom. The SMILES string of the molecule is CCCCN1C(=O)c2cccc3c(NC(=O)OC4CSSC4)ccc(c23)C1=O. The van der Waals surface area contributed by atoms with E-state index in [0.29, 0.717) is 34.1 Å². The Hall–Kier alpha value is -2.19. The van der Waals surface area contributed by atoms with Crippen LogP contribution in [0.25, 0.3) is 10.8 Å². The van der Waals surface area contributed by atoms with E-state index in [1.807, 2.05) is 13.0 Å². The summed E-state index contributed by atoms with van der Waals surface area (Å²) in [5, 5.41) is 4.03. The van der Waals surface area contributed by atoms with E-state index < -0.39 is 6.09 Å². The third kappa shape index (κ3) is 3.46. The number of carbonyl (C=O) groups excluding carboxylic acids is 3. The number of amides is 3. The highest BCUT2D eigenvalue weighted by Gasteiger charge is 2.33. The lowest BCUT2D eigenvalue weighted by molar-refractivity contribution is 0.0608. The summed E-state index contributed by atoms with van der Waals surface area (Å²) in [7, 11) is 3.37. The van der Waals surface area contributed by atoms with Crippen molar-refractivity contribution in [3.8, 4) is 0 Å². The highest BCUT2D eigenvalue weighted by Crippen LogP contribution is 2.35. The van der Waals surface area contributed by atoms with Crippen LogP contribution in [0, 0.1) is 0 Å². The summed E-state index contributed by atoms with van der Waals surface area (Å²) in [6.45, 7) is 2.43. The summed E-state index contributed by atoms with van der Waals surface area (Å²) in [6, 6.07) is 8.69. The van der Waals surface area contributed by atoms with Crippen LogP contribution in [-0.4, -0.2) is 47.0 Å². The van der Waals surface area contributed by atoms with Gasteiger partial charge in [-0.15, -0.1) is 0 Å². The third-order valence-corrected chi connectivity index (χ3v) is 7.33. The number of unbranched alkanes of at least 4 members (excludes halogenated alkanes) is 1. The van der Waals surface area contributed by atoms with Crippen molar-refractivity contribution >= 4 is 56.0 Å². The molecule has 2 aliphatic rings. The largest absolute Gasteiger partial charge is 0.444 e. The van der Waals surface area contributed by atoms with E-state index in [4.69, 9.17) is 4.74 Å². The summed E-state index contributed by atoms with van der Waals surface area (Å²) in [5.41, 5.74) is 1.51. The van der Waals surface area contributed by atoms with E-state index in [9.17, 15) is 14.4 Å². The Morgan fingerprint density at radius 2 is 1.86 bits per heavy atom. The molecule has 0 saturated carbocycles. The molecule has 0 aliphatic carbocycles. The zero-order chi connectivity index (χ0) is 19.7. The minimum absolute atomic E-state index is 0.106. The topological polar surface area (TPSA) is 75.7 Å². The molecular formula is C20H20N2O4S2. The fraction of sp³-hybridized carbons (Fsp3) is 0.350. The molecule has 3 amide bonds. The second kappa shape index (κ2) is 8.05. The zero-order valence-corrected chi connectivity index (χ0v) is 17.0. The van der Waals surface area contributed by atoms with E-state index in [-0.39, 0.29) is 17.9 Å². The van der Waals surface area contributed by atoms with E-state index in [1.165, 1.54) is 4.90 Å².